The standard InChI is InChI=1S/C16H24N2O2S/c1-18(2)21(19,20)16-10-8-15(9-11-16)13-17-12-14-6-4-3-5-7-14/h3-4,8-11,14,17H,5-7,12-13H2,1-2H3. The average Bonchev–Trinajstić information content (AvgIpc) is 2.49. The SMILES string of the molecule is CN(C)S(=O)(=O)c1ccc(CNCC2CC=CCC2)cc1. The third-order valence-corrected chi connectivity index (χ3v) is 5.67. The molecule has 1 atom stereocenters. The molecule has 1 aliphatic rings. The maximum Gasteiger partial charge on any atom is 0.242 e. The summed E-state index contributed by atoms with van der Waals surface area (Å²) < 4.78 is 25.2. The number of rotatable bonds is 6. The lowest BCUT2D eigenvalue weighted by Crippen LogP contribution is -2.23. The van der Waals surface area contributed by atoms with Crippen molar-refractivity contribution in [2.45, 2.75) is 30.7 Å². The van der Waals surface area contributed by atoms with Crippen LogP contribution in [0, 0.1) is 5.92 Å². The van der Waals surface area contributed by atoms with E-state index in [1.807, 2.05) is 12.1 Å². The van der Waals surface area contributed by atoms with Crippen LogP contribution in [0.15, 0.2) is 41.3 Å². The number of hydrogen-bond acceptors (Lipinski definition) is 3. The number of sulfonamides is 1. The molecular formula is C16H24N2O2S. The van der Waals surface area contributed by atoms with Crippen LogP contribution < -0.4 is 5.32 Å². The Labute approximate surface area is 127 Å². The maximum absolute atomic E-state index is 12.0. The molecule has 0 spiro atoms. The molecule has 0 heterocycles. The second-order valence-electron chi connectivity index (χ2n) is 5.71. The Bertz CT molecular complexity index is 577. The third kappa shape index (κ3) is 4.40. The van der Waals surface area contributed by atoms with Crippen LogP contribution in [-0.4, -0.2) is 33.4 Å². The zero-order valence-corrected chi connectivity index (χ0v) is 13.6. The first-order chi connectivity index (χ1) is 10.00. The lowest BCUT2D eigenvalue weighted by atomic mass is 9.94. The summed E-state index contributed by atoms with van der Waals surface area (Å²) in [6.45, 7) is 1.80. The molecule has 0 saturated carbocycles. The molecule has 5 heteroatoms. The van der Waals surface area contributed by atoms with Gasteiger partial charge in [-0.2, -0.15) is 0 Å². The minimum Gasteiger partial charge on any atom is -0.312 e. The number of hydrogen-bond donors (Lipinski definition) is 1. The van der Waals surface area contributed by atoms with Crippen LogP contribution in [0.3, 0.4) is 0 Å². The second-order valence-corrected chi connectivity index (χ2v) is 7.86. The van der Waals surface area contributed by atoms with E-state index in [2.05, 4.69) is 17.5 Å². The molecule has 0 fully saturated rings. The van der Waals surface area contributed by atoms with Crippen LogP contribution >= 0.6 is 0 Å². The highest BCUT2D eigenvalue weighted by Crippen LogP contribution is 2.17. The van der Waals surface area contributed by atoms with Gasteiger partial charge in [0.1, 0.15) is 0 Å². The Morgan fingerprint density at radius 3 is 2.48 bits per heavy atom. The van der Waals surface area contributed by atoms with E-state index >= 15 is 0 Å². The molecule has 0 amide bonds. The predicted octanol–water partition coefficient (Wildman–Crippen LogP) is 2.38. The van der Waals surface area contributed by atoms with E-state index in [4.69, 9.17) is 0 Å². The van der Waals surface area contributed by atoms with Gasteiger partial charge in [-0.1, -0.05) is 24.3 Å². The van der Waals surface area contributed by atoms with Crippen molar-refractivity contribution in [3.05, 3.63) is 42.0 Å². The molecule has 4 nitrogen and oxygen atoms in total. The molecule has 1 aromatic carbocycles. The van der Waals surface area contributed by atoms with Gasteiger partial charge < -0.3 is 5.32 Å². The van der Waals surface area contributed by atoms with E-state index in [-0.39, 0.29) is 0 Å². The van der Waals surface area contributed by atoms with Gasteiger partial charge in [0.15, 0.2) is 0 Å². The zero-order valence-electron chi connectivity index (χ0n) is 12.7. The molecule has 1 aliphatic carbocycles. The highest BCUT2D eigenvalue weighted by atomic mass is 32.2. The Hall–Kier alpha value is -1.17. The summed E-state index contributed by atoms with van der Waals surface area (Å²) in [5, 5.41) is 3.46. The highest BCUT2D eigenvalue weighted by Gasteiger charge is 2.16. The van der Waals surface area contributed by atoms with Gasteiger partial charge in [-0.15, -0.1) is 0 Å². The average molecular weight is 308 g/mol. The molecule has 2 rings (SSSR count). The number of benzene rings is 1. The summed E-state index contributed by atoms with van der Waals surface area (Å²) in [5.74, 6) is 0.725. The number of nitrogens with zero attached hydrogens (tertiary/aromatic N) is 1. The molecule has 116 valence electrons. The minimum absolute atomic E-state index is 0.341. The van der Waals surface area contributed by atoms with E-state index in [1.54, 1.807) is 26.2 Å². The van der Waals surface area contributed by atoms with Crippen molar-refractivity contribution in [3.63, 3.8) is 0 Å². The van der Waals surface area contributed by atoms with Crippen LogP contribution in [-0.2, 0) is 16.6 Å². The molecule has 0 bridgehead atoms. The van der Waals surface area contributed by atoms with Gasteiger partial charge in [-0.3, -0.25) is 0 Å². The lowest BCUT2D eigenvalue weighted by Gasteiger charge is -2.18. The molecule has 0 aromatic heterocycles. The Morgan fingerprint density at radius 1 is 1.19 bits per heavy atom. The number of allylic oxidation sites excluding steroid dienone is 2. The molecular weight excluding hydrogens is 284 g/mol. The fourth-order valence-electron chi connectivity index (χ4n) is 2.45. The van der Waals surface area contributed by atoms with Crippen molar-refractivity contribution in [2.75, 3.05) is 20.6 Å². The van der Waals surface area contributed by atoms with Crippen LogP contribution in [0.1, 0.15) is 24.8 Å². The molecule has 21 heavy (non-hydrogen) atoms. The summed E-state index contributed by atoms with van der Waals surface area (Å²) in [5.41, 5.74) is 1.11. The molecule has 1 aromatic rings. The van der Waals surface area contributed by atoms with Crippen LogP contribution in [0.2, 0.25) is 0 Å². The number of nitrogens with one attached hydrogen (secondary N) is 1. The summed E-state index contributed by atoms with van der Waals surface area (Å²) in [7, 11) is -0.236. The van der Waals surface area contributed by atoms with Crippen molar-refractivity contribution in [3.8, 4) is 0 Å². The van der Waals surface area contributed by atoms with E-state index in [0.29, 0.717) is 4.90 Å². The second kappa shape index (κ2) is 7.20. The molecule has 1 N–H and O–H groups in total. The summed E-state index contributed by atoms with van der Waals surface area (Å²) in [4.78, 5) is 0.341. The van der Waals surface area contributed by atoms with Crippen molar-refractivity contribution in [1.29, 1.82) is 0 Å². The summed E-state index contributed by atoms with van der Waals surface area (Å²) in [6, 6.07) is 7.11. The monoisotopic (exact) mass is 308 g/mol. The first kappa shape index (κ1) is 16.2. The van der Waals surface area contributed by atoms with E-state index < -0.39 is 10.0 Å². The lowest BCUT2D eigenvalue weighted by molar-refractivity contribution is 0.440. The van der Waals surface area contributed by atoms with Crippen molar-refractivity contribution >= 4 is 10.0 Å². The smallest absolute Gasteiger partial charge is 0.242 e. The largest absolute Gasteiger partial charge is 0.312 e. The molecule has 0 saturated heterocycles. The Morgan fingerprint density at radius 2 is 1.90 bits per heavy atom. The summed E-state index contributed by atoms with van der Waals surface area (Å²) >= 11 is 0. The van der Waals surface area contributed by atoms with Crippen molar-refractivity contribution in [1.82, 2.24) is 9.62 Å². The van der Waals surface area contributed by atoms with Gasteiger partial charge >= 0.3 is 0 Å². The van der Waals surface area contributed by atoms with E-state index in [0.717, 1.165) is 31.0 Å². The fraction of sp³-hybridized carbons (Fsp3) is 0.500. The van der Waals surface area contributed by atoms with Gasteiger partial charge in [-0.25, -0.2) is 12.7 Å². The van der Waals surface area contributed by atoms with Crippen LogP contribution in [0.25, 0.3) is 0 Å². The van der Waals surface area contributed by atoms with Gasteiger partial charge in [0.2, 0.25) is 10.0 Å². The van der Waals surface area contributed by atoms with E-state index in [9.17, 15) is 8.42 Å². The maximum atomic E-state index is 12.0. The van der Waals surface area contributed by atoms with Gasteiger partial charge in [0, 0.05) is 20.6 Å². The first-order valence-electron chi connectivity index (χ1n) is 7.37. The minimum atomic E-state index is -3.33. The Kier molecular flexibility index (Phi) is 5.56. The van der Waals surface area contributed by atoms with Crippen LogP contribution in [0.4, 0.5) is 0 Å². The molecule has 0 radical (unpaired) electrons. The third-order valence-electron chi connectivity index (χ3n) is 3.84. The topological polar surface area (TPSA) is 49.4 Å². The molecule has 1 unspecified atom stereocenters. The normalized spacial score (nSPS) is 19.1. The first-order valence-corrected chi connectivity index (χ1v) is 8.81. The highest BCUT2D eigenvalue weighted by molar-refractivity contribution is 7.89. The van der Waals surface area contributed by atoms with Gasteiger partial charge in [0.25, 0.3) is 0 Å². The Balaban J connectivity index is 1.86. The quantitative estimate of drug-likeness (QED) is 0.821. The predicted molar refractivity (Wildman–Crippen MR) is 85.5 cm³/mol. The zero-order chi connectivity index (χ0) is 15.3. The van der Waals surface area contributed by atoms with Crippen molar-refractivity contribution < 1.29 is 8.42 Å². The van der Waals surface area contributed by atoms with E-state index in [1.165, 1.54) is 17.1 Å². The van der Waals surface area contributed by atoms with Gasteiger partial charge in [0.05, 0.1) is 4.90 Å². The van der Waals surface area contributed by atoms with Crippen LogP contribution in [0.5, 0.6) is 0 Å². The summed E-state index contributed by atoms with van der Waals surface area (Å²) in [6.07, 6.45) is 8.11. The fourth-order valence-corrected chi connectivity index (χ4v) is 3.35. The van der Waals surface area contributed by atoms with Crippen molar-refractivity contribution in [2.24, 2.45) is 5.92 Å². The molecule has 0 aliphatic heterocycles. The van der Waals surface area contributed by atoms with Gasteiger partial charge in [-0.05, 0) is 49.4 Å².